The number of hydrogen-bond acceptors (Lipinski definition) is 4. The number of likely N-dealkylation sites (N-methyl/N-ethyl adjacent to an activating group) is 1. The van der Waals surface area contributed by atoms with Gasteiger partial charge in [0.1, 0.15) is 11.5 Å². The molecule has 1 heterocycles. The maximum atomic E-state index is 5.89. The second-order valence-electron chi connectivity index (χ2n) is 4.62. The van der Waals surface area contributed by atoms with Crippen LogP contribution in [-0.4, -0.2) is 19.6 Å². The van der Waals surface area contributed by atoms with E-state index in [9.17, 15) is 0 Å². The Hall–Kier alpha value is -1.65. The molecule has 0 aliphatic carbocycles. The van der Waals surface area contributed by atoms with Crippen LogP contribution in [0, 0.1) is 0 Å². The van der Waals surface area contributed by atoms with Crippen molar-refractivity contribution >= 4 is 17.6 Å². The highest BCUT2D eigenvalue weighted by Crippen LogP contribution is 2.35. The third-order valence-corrected chi connectivity index (χ3v) is 4.19. The summed E-state index contributed by atoms with van der Waals surface area (Å²) in [7, 11) is 0. The van der Waals surface area contributed by atoms with E-state index in [-0.39, 0.29) is 0 Å². The van der Waals surface area contributed by atoms with Crippen molar-refractivity contribution in [3.05, 3.63) is 48.5 Å². The van der Waals surface area contributed by atoms with E-state index in [0.29, 0.717) is 0 Å². The number of rotatable bonds is 3. The fourth-order valence-electron chi connectivity index (χ4n) is 2.28. The van der Waals surface area contributed by atoms with E-state index in [1.165, 1.54) is 10.6 Å². The van der Waals surface area contributed by atoms with Crippen LogP contribution in [0.15, 0.2) is 53.4 Å². The summed E-state index contributed by atoms with van der Waals surface area (Å²) >= 11 is 1.68. The molecule has 0 fully saturated rings. The van der Waals surface area contributed by atoms with Crippen molar-refractivity contribution in [1.29, 1.82) is 0 Å². The monoisotopic (exact) mass is 286 g/mol. The first kappa shape index (κ1) is 13.3. The smallest absolute Gasteiger partial charge is 0.128 e. The van der Waals surface area contributed by atoms with Gasteiger partial charge in [0, 0.05) is 24.5 Å². The molecule has 0 aromatic heterocycles. The zero-order valence-corrected chi connectivity index (χ0v) is 12.3. The lowest BCUT2D eigenvalue weighted by molar-refractivity contribution is 0.481. The van der Waals surface area contributed by atoms with E-state index >= 15 is 0 Å². The Morgan fingerprint density at radius 3 is 2.80 bits per heavy atom. The predicted octanol–water partition coefficient (Wildman–Crippen LogP) is 3.92. The van der Waals surface area contributed by atoms with Crippen LogP contribution >= 0.6 is 11.9 Å². The number of para-hydroxylation sites is 1. The molecule has 0 atom stereocenters. The zero-order chi connectivity index (χ0) is 13.8. The molecule has 104 valence electrons. The van der Waals surface area contributed by atoms with Gasteiger partial charge < -0.3 is 9.64 Å². The van der Waals surface area contributed by atoms with Gasteiger partial charge >= 0.3 is 0 Å². The van der Waals surface area contributed by atoms with Gasteiger partial charge in [-0.2, -0.15) is 0 Å². The van der Waals surface area contributed by atoms with Gasteiger partial charge in [0.05, 0.1) is 5.69 Å². The Bertz CT molecular complexity index is 574. The molecular weight excluding hydrogens is 268 g/mol. The van der Waals surface area contributed by atoms with Gasteiger partial charge in [0.25, 0.3) is 0 Å². The molecule has 0 saturated carbocycles. The molecule has 2 aromatic carbocycles. The largest absolute Gasteiger partial charge is 0.457 e. The van der Waals surface area contributed by atoms with E-state index in [1.54, 1.807) is 11.9 Å². The fraction of sp³-hybridized carbons (Fsp3) is 0.250. The molecule has 0 amide bonds. The van der Waals surface area contributed by atoms with Gasteiger partial charge in [-0.15, -0.1) is 0 Å². The molecule has 0 spiro atoms. The molecule has 1 N–H and O–H groups in total. The van der Waals surface area contributed by atoms with Crippen molar-refractivity contribution < 1.29 is 4.74 Å². The Morgan fingerprint density at radius 2 is 2.00 bits per heavy atom. The minimum Gasteiger partial charge on any atom is -0.457 e. The number of nitrogens with one attached hydrogen (secondary N) is 1. The van der Waals surface area contributed by atoms with Gasteiger partial charge in [0.15, 0.2) is 0 Å². The lowest BCUT2D eigenvalue weighted by atomic mass is 10.2. The predicted molar refractivity (Wildman–Crippen MR) is 84.7 cm³/mol. The summed E-state index contributed by atoms with van der Waals surface area (Å²) in [6.45, 7) is 5.24. The summed E-state index contributed by atoms with van der Waals surface area (Å²) in [5, 5.41) is 0. The summed E-state index contributed by atoms with van der Waals surface area (Å²) < 4.78 is 9.27. The fourth-order valence-corrected chi connectivity index (χ4v) is 3.11. The van der Waals surface area contributed by atoms with Crippen LogP contribution < -0.4 is 14.4 Å². The topological polar surface area (TPSA) is 24.5 Å². The van der Waals surface area contributed by atoms with E-state index in [1.807, 2.05) is 36.4 Å². The number of hydrogen-bond donors (Lipinski definition) is 1. The van der Waals surface area contributed by atoms with E-state index in [4.69, 9.17) is 4.74 Å². The maximum absolute atomic E-state index is 5.89. The zero-order valence-electron chi connectivity index (χ0n) is 11.5. The number of anilines is 1. The van der Waals surface area contributed by atoms with Crippen molar-refractivity contribution in [3.8, 4) is 11.5 Å². The molecule has 0 unspecified atom stereocenters. The molecule has 2 aromatic rings. The van der Waals surface area contributed by atoms with Crippen LogP contribution in [0.2, 0.25) is 0 Å². The molecule has 0 radical (unpaired) electrons. The van der Waals surface area contributed by atoms with Gasteiger partial charge in [0.2, 0.25) is 0 Å². The third kappa shape index (κ3) is 2.92. The second kappa shape index (κ2) is 6.20. The Morgan fingerprint density at radius 1 is 1.15 bits per heavy atom. The summed E-state index contributed by atoms with van der Waals surface area (Å²) in [5.74, 6) is 1.74. The Balaban J connectivity index is 1.86. The Kier molecular flexibility index (Phi) is 4.14. The summed E-state index contributed by atoms with van der Waals surface area (Å²) in [5.41, 5.74) is 1.28. The van der Waals surface area contributed by atoms with Crippen molar-refractivity contribution in [2.75, 3.05) is 24.5 Å². The van der Waals surface area contributed by atoms with Gasteiger partial charge in [-0.25, -0.2) is 0 Å². The average molecular weight is 286 g/mol. The molecule has 20 heavy (non-hydrogen) atoms. The van der Waals surface area contributed by atoms with E-state index in [0.717, 1.165) is 31.1 Å². The first-order valence-electron chi connectivity index (χ1n) is 6.88. The molecule has 0 saturated heterocycles. The highest BCUT2D eigenvalue weighted by molar-refractivity contribution is 7.97. The van der Waals surface area contributed by atoms with Crippen LogP contribution in [0.1, 0.15) is 6.92 Å². The van der Waals surface area contributed by atoms with Crippen LogP contribution in [-0.2, 0) is 0 Å². The molecule has 1 aliphatic heterocycles. The first-order chi connectivity index (χ1) is 9.86. The van der Waals surface area contributed by atoms with Crippen LogP contribution in [0.4, 0.5) is 5.69 Å². The average Bonchev–Trinajstić information content (AvgIpc) is 2.69. The van der Waals surface area contributed by atoms with Crippen molar-refractivity contribution in [2.24, 2.45) is 0 Å². The van der Waals surface area contributed by atoms with E-state index < -0.39 is 0 Å². The number of benzene rings is 2. The van der Waals surface area contributed by atoms with E-state index in [2.05, 4.69) is 28.7 Å². The number of nitrogens with zero attached hydrogens (tertiary/aromatic N) is 1. The summed E-state index contributed by atoms with van der Waals surface area (Å²) in [6.07, 6.45) is 0. The van der Waals surface area contributed by atoms with Crippen LogP contribution in [0.25, 0.3) is 0 Å². The van der Waals surface area contributed by atoms with Crippen LogP contribution in [0.5, 0.6) is 11.5 Å². The quantitative estimate of drug-likeness (QED) is 0.864. The first-order valence-corrected chi connectivity index (χ1v) is 7.70. The highest BCUT2D eigenvalue weighted by Gasteiger charge is 2.15. The second-order valence-corrected chi connectivity index (χ2v) is 5.55. The molecule has 0 bridgehead atoms. The lowest BCUT2D eigenvalue weighted by Gasteiger charge is -2.22. The van der Waals surface area contributed by atoms with Gasteiger partial charge in [-0.3, -0.25) is 4.72 Å². The highest BCUT2D eigenvalue weighted by atomic mass is 32.2. The maximum Gasteiger partial charge on any atom is 0.128 e. The molecule has 4 heteroatoms. The molecule has 3 rings (SSSR count). The van der Waals surface area contributed by atoms with Crippen molar-refractivity contribution in [2.45, 2.75) is 11.8 Å². The minimum atomic E-state index is 0.867. The number of fused-ring (bicyclic) bond motifs is 1. The summed E-state index contributed by atoms with van der Waals surface area (Å²) in [4.78, 5) is 3.60. The van der Waals surface area contributed by atoms with Crippen molar-refractivity contribution in [3.63, 3.8) is 0 Å². The molecule has 1 aliphatic rings. The van der Waals surface area contributed by atoms with Crippen LogP contribution in [0.3, 0.4) is 0 Å². The minimum absolute atomic E-state index is 0.867. The normalized spacial score (nSPS) is 14.6. The Labute approximate surface area is 124 Å². The third-order valence-electron chi connectivity index (χ3n) is 3.30. The lowest BCUT2D eigenvalue weighted by Crippen LogP contribution is -2.27. The van der Waals surface area contributed by atoms with Gasteiger partial charge in [-0.1, -0.05) is 18.2 Å². The summed E-state index contributed by atoms with van der Waals surface area (Å²) in [6, 6.07) is 16.2. The van der Waals surface area contributed by atoms with Crippen molar-refractivity contribution in [1.82, 2.24) is 4.72 Å². The van der Waals surface area contributed by atoms with Gasteiger partial charge in [-0.05, 0) is 49.2 Å². The number of ether oxygens (including phenoxy) is 1. The molecule has 3 nitrogen and oxygen atoms in total. The standard InChI is InChI=1S/C16H18N2OS/c1-2-18-11-10-17-20-16-12-14(8-9-15(16)18)19-13-6-4-3-5-7-13/h3-9,12,17H,2,10-11H2,1H3. The molecular formula is C16H18N2OS. The SMILES string of the molecule is CCN1CCNSc2cc(Oc3ccccc3)ccc21.